The average molecular weight is 560 g/mol. The van der Waals surface area contributed by atoms with Crippen molar-refractivity contribution >= 4 is 50.8 Å². The van der Waals surface area contributed by atoms with Crippen LogP contribution in [0, 0.1) is 6.92 Å². The zero-order valence-electron chi connectivity index (χ0n) is 19.1. The standard InChI is InChI=1S/C22H21Cl3N4O.CH4O3S/c1-14-20(22(30)27-28-11-3-2-4-12-28)26-29(19-10-9-17(24)13-18(19)25)21(14)15-5-7-16(23)8-6-15;1-5(2,3)4/h5-10,13H,2-4,11-12H2,1H3,(H,27,30);1H3,(H,2,3,4). The molecule has 1 aliphatic rings. The van der Waals surface area contributed by atoms with E-state index in [0.29, 0.717) is 32.7 Å². The largest absolute Gasteiger partial charge is 0.286 e. The number of hydrogen-bond acceptors (Lipinski definition) is 5. The number of nitrogens with zero attached hydrogens (tertiary/aromatic N) is 3. The third-order valence-corrected chi connectivity index (χ3v) is 6.00. The Labute approximate surface area is 219 Å². The molecular formula is C23H25Cl3N4O4S. The Bertz CT molecular complexity index is 1300. The Hall–Kier alpha value is -2.14. The van der Waals surface area contributed by atoms with Crippen molar-refractivity contribution in [3.8, 4) is 16.9 Å². The molecule has 0 aliphatic carbocycles. The molecule has 0 atom stereocenters. The monoisotopic (exact) mass is 558 g/mol. The van der Waals surface area contributed by atoms with E-state index in [9.17, 15) is 13.2 Å². The Kier molecular flexibility index (Phi) is 9.20. The van der Waals surface area contributed by atoms with Crippen LogP contribution in [0.3, 0.4) is 0 Å². The number of rotatable bonds is 4. The summed E-state index contributed by atoms with van der Waals surface area (Å²) in [6.45, 7) is 3.58. The number of benzene rings is 2. The van der Waals surface area contributed by atoms with E-state index in [1.54, 1.807) is 22.9 Å². The van der Waals surface area contributed by atoms with Gasteiger partial charge in [-0.2, -0.15) is 13.5 Å². The molecule has 1 amide bonds. The van der Waals surface area contributed by atoms with E-state index in [1.165, 1.54) is 6.42 Å². The van der Waals surface area contributed by atoms with Crippen molar-refractivity contribution in [2.45, 2.75) is 26.2 Å². The van der Waals surface area contributed by atoms with Crippen molar-refractivity contribution in [3.63, 3.8) is 0 Å². The highest BCUT2D eigenvalue weighted by molar-refractivity contribution is 7.85. The first-order chi connectivity index (χ1) is 16.4. The molecule has 0 saturated carbocycles. The van der Waals surface area contributed by atoms with Gasteiger partial charge < -0.3 is 0 Å². The van der Waals surface area contributed by atoms with Gasteiger partial charge in [-0.25, -0.2) is 9.69 Å². The van der Waals surface area contributed by atoms with Crippen LogP contribution in [-0.2, 0) is 10.1 Å². The summed E-state index contributed by atoms with van der Waals surface area (Å²) >= 11 is 18.6. The van der Waals surface area contributed by atoms with Gasteiger partial charge in [0.2, 0.25) is 0 Å². The molecule has 188 valence electrons. The van der Waals surface area contributed by atoms with E-state index in [1.807, 2.05) is 36.2 Å². The fraction of sp³-hybridized carbons (Fsp3) is 0.304. The minimum absolute atomic E-state index is 0.228. The number of carbonyl (C=O) groups excluding carboxylic acids is 1. The number of amides is 1. The maximum absolute atomic E-state index is 13.1. The molecule has 1 fully saturated rings. The molecule has 12 heteroatoms. The molecule has 0 unspecified atom stereocenters. The normalized spacial score (nSPS) is 14.2. The highest BCUT2D eigenvalue weighted by Gasteiger charge is 2.24. The lowest BCUT2D eigenvalue weighted by atomic mass is 10.1. The van der Waals surface area contributed by atoms with Crippen LogP contribution in [0.1, 0.15) is 35.3 Å². The van der Waals surface area contributed by atoms with Gasteiger partial charge in [0, 0.05) is 34.3 Å². The summed E-state index contributed by atoms with van der Waals surface area (Å²) in [6, 6.07) is 12.6. The van der Waals surface area contributed by atoms with Crippen molar-refractivity contribution in [3.05, 3.63) is 68.8 Å². The van der Waals surface area contributed by atoms with Crippen LogP contribution in [0.4, 0.5) is 0 Å². The van der Waals surface area contributed by atoms with Crippen LogP contribution in [-0.4, -0.2) is 53.0 Å². The van der Waals surface area contributed by atoms with Crippen LogP contribution >= 0.6 is 34.8 Å². The molecule has 8 nitrogen and oxygen atoms in total. The first-order valence-electron chi connectivity index (χ1n) is 10.7. The third kappa shape index (κ3) is 7.67. The second-order valence-electron chi connectivity index (χ2n) is 8.06. The highest BCUT2D eigenvalue weighted by Crippen LogP contribution is 2.33. The van der Waals surface area contributed by atoms with E-state index < -0.39 is 10.1 Å². The number of aromatic nitrogens is 2. The Morgan fingerprint density at radius 2 is 1.57 bits per heavy atom. The van der Waals surface area contributed by atoms with Crippen molar-refractivity contribution < 1.29 is 17.8 Å². The zero-order chi connectivity index (χ0) is 25.8. The summed E-state index contributed by atoms with van der Waals surface area (Å²) in [5.41, 5.74) is 6.42. The lowest BCUT2D eigenvalue weighted by Crippen LogP contribution is -2.45. The number of nitrogens with one attached hydrogen (secondary N) is 1. The van der Waals surface area contributed by atoms with Gasteiger partial charge in [-0.1, -0.05) is 53.4 Å². The smallest absolute Gasteiger partial charge is 0.286 e. The van der Waals surface area contributed by atoms with Gasteiger partial charge in [0.1, 0.15) is 0 Å². The van der Waals surface area contributed by atoms with Gasteiger partial charge in [-0.3, -0.25) is 14.8 Å². The van der Waals surface area contributed by atoms with Crippen molar-refractivity contribution in [2.75, 3.05) is 19.3 Å². The molecule has 1 aromatic heterocycles. The molecule has 1 aliphatic heterocycles. The molecule has 0 radical (unpaired) electrons. The number of halogens is 3. The van der Waals surface area contributed by atoms with E-state index >= 15 is 0 Å². The van der Waals surface area contributed by atoms with Crippen LogP contribution in [0.15, 0.2) is 42.5 Å². The molecule has 2 aromatic carbocycles. The maximum atomic E-state index is 13.1. The van der Waals surface area contributed by atoms with Crippen LogP contribution in [0.25, 0.3) is 16.9 Å². The average Bonchev–Trinajstić information content (AvgIpc) is 3.11. The molecular weight excluding hydrogens is 535 g/mol. The molecule has 0 spiro atoms. The summed E-state index contributed by atoms with van der Waals surface area (Å²) < 4.78 is 27.6. The highest BCUT2D eigenvalue weighted by atomic mass is 35.5. The molecule has 1 saturated heterocycles. The topological polar surface area (TPSA) is 105 Å². The minimum Gasteiger partial charge on any atom is -0.286 e. The maximum Gasteiger partial charge on any atom is 0.286 e. The molecule has 3 aromatic rings. The first kappa shape index (κ1) is 27.4. The van der Waals surface area contributed by atoms with Gasteiger partial charge in [0.25, 0.3) is 16.0 Å². The van der Waals surface area contributed by atoms with Gasteiger partial charge in [0.15, 0.2) is 5.69 Å². The number of carbonyl (C=O) groups is 1. The van der Waals surface area contributed by atoms with Crippen molar-refractivity contribution in [1.29, 1.82) is 0 Å². The Morgan fingerprint density at radius 3 is 2.14 bits per heavy atom. The van der Waals surface area contributed by atoms with Gasteiger partial charge in [-0.15, -0.1) is 0 Å². The predicted molar refractivity (Wildman–Crippen MR) is 139 cm³/mol. The first-order valence-corrected chi connectivity index (χ1v) is 13.7. The number of hydrazine groups is 1. The van der Waals surface area contributed by atoms with Gasteiger partial charge in [0.05, 0.1) is 22.7 Å². The Morgan fingerprint density at radius 1 is 1.00 bits per heavy atom. The summed E-state index contributed by atoms with van der Waals surface area (Å²) in [5.74, 6) is -0.228. The van der Waals surface area contributed by atoms with E-state index in [2.05, 4.69) is 10.5 Å². The second kappa shape index (κ2) is 11.7. The van der Waals surface area contributed by atoms with Crippen LogP contribution < -0.4 is 5.43 Å². The summed E-state index contributed by atoms with van der Waals surface area (Å²) in [6.07, 6.45) is 4.05. The fourth-order valence-corrected chi connectivity index (χ4v) is 4.30. The zero-order valence-corrected chi connectivity index (χ0v) is 22.2. The third-order valence-electron chi connectivity index (χ3n) is 5.21. The lowest BCUT2D eigenvalue weighted by molar-refractivity contribution is 0.0743. The van der Waals surface area contributed by atoms with E-state index in [-0.39, 0.29) is 5.91 Å². The predicted octanol–water partition coefficient (Wildman–Crippen LogP) is 5.44. The van der Waals surface area contributed by atoms with Crippen LogP contribution in [0.5, 0.6) is 0 Å². The van der Waals surface area contributed by atoms with Crippen molar-refractivity contribution in [2.24, 2.45) is 0 Å². The van der Waals surface area contributed by atoms with Gasteiger partial charge in [-0.05, 0) is 50.1 Å². The molecule has 4 rings (SSSR count). The summed E-state index contributed by atoms with van der Waals surface area (Å²) in [4.78, 5) is 13.1. The SMILES string of the molecule is CS(=O)(=O)O.Cc1c(C(=O)NN2CCCCC2)nn(-c2ccc(Cl)cc2Cl)c1-c1ccc(Cl)cc1. The molecule has 2 N–H and O–H groups in total. The summed E-state index contributed by atoms with van der Waals surface area (Å²) in [5, 5.41) is 8.22. The molecule has 2 heterocycles. The number of hydrogen-bond donors (Lipinski definition) is 2. The van der Waals surface area contributed by atoms with Gasteiger partial charge >= 0.3 is 0 Å². The lowest BCUT2D eigenvalue weighted by Gasteiger charge is -2.26. The van der Waals surface area contributed by atoms with Crippen molar-refractivity contribution in [1.82, 2.24) is 20.2 Å². The minimum atomic E-state index is -3.67. The van der Waals surface area contributed by atoms with E-state index in [0.717, 1.165) is 42.8 Å². The summed E-state index contributed by atoms with van der Waals surface area (Å²) in [7, 11) is -3.67. The molecule has 35 heavy (non-hydrogen) atoms. The second-order valence-corrected chi connectivity index (χ2v) is 10.8. The Balaban J connectivity index is 0.000000623. The fourth-order valence-electron chi connectivity index (χ4n) is 3.69. The van der Waals surface area contributed by atoms with Crippen LogP contribution in [0.2, 0.25) is 15.1 Å². The molecule has 0 bridgehead atoms. The van der Waals surface area contributed by atoms with E-state index in [4.69, 9.17) is 39.4 Å². The number of piperidine rings is 1. The quantitative estimate of drug-likeness (QED) is 0.412.